The van der Waals surface area contributed by atoms with E-state index in [-0.39, 0.29) is 0 Å². The van der Waals surface area contributed by atoms with Gasteiger partial charge in [-0.2, -0.15) is 4.68 Å². The van der Waals surface area contributed by atoms with Gasteiger partial charge in [0, 0.05) is 11.6 Å². The van der Waals surface area contributed by atoms with Crippen LogP contribution < -0.4 is 4.68 Å². The molecule has 2 heteroatoms. The Hall–Kier alpha value is -1.57. The molecule has 0 aliphatic heterocycles. The summed E-state index contributed by atoms with van der Waals surface area (Å²) in [5, 5.41) is 0. The smallest absolute Gasteiger partial charge is 0.154 e. The van der Waals surface area contributed by atoms with E-state index in [1.807, 2.05) is 6.07 Å². The Morgan fingerprint density at radius 3 is 2.50 bits per heavy atom. The maximum absolute atomic E-state index is 2.25. The van der Waals surface area contributed by atoms with Crippen molar-refractivity contribution in [3.8, 4) is 11.3 Å². The fourth-order valence-corrected chi connectivity index (χ4v) is 1.76. The Morgan fingerprint density at radius 2 is 1.86 bits per heavy atom. The molecule has 0 bridgehead atoms. The number of rotatable bonds is 2. The van der Waals surface area contributed by atoms with Crippen LogP contribution in [-0.4, -0.2) is 4.68 Å². The zero-order chi connectivity index (χ0) is 9.97. The Bertz CT molecular complexity index is 415. The quantitative estimate of drug-likeness (QED) is 0.636. The molecule has 72 valence electrons. The molecular formula is C12H15N2+. The number of aryl methyl sites for hydroxylation is 1. The van der Waals surface area contributed by atoms with Crippen molar-refractivity contribution >= 4 is 0 Å². The summed E-state index contributed by atoms with van der Waals surface area (Å²) in [7, 11) is 2.07. The Balaban J connectivity index is 2.52. The molecule has 0 radical (unpaired) electrons. The van der Waals surface area contributed by atoms with Gasteiger partial charge in [0.15, 0.2) is 13.2 Å². The SMILES string of the molecule is CCn1c(-c2ccccc2)cc[n+]1C. The van der Waals surface area contributed by atoms with E-state index >= 15 is 0 Å². The van der Waals surface area contributed by atoms with Gasteiger partial charge < -0.3 is 0 Å². The predicted octanol–water partition coefficient (Wildman–Crippen LogP) is 2.00. The summed E-state index contributed by atoms with van der Waals surface area (Å²) in [6.07, 6.45) is 2.09. The third-order valence-corrected chi connectivity index (χ3v) is 2.48. The summed E-state index contributed by atoms with van der Waals surface area (Å²) in [6.45, 7) is 3.15. The largest absolute Gasteiger partial charge is 0.196 e. The lowest BCUT2D eigenvalue weighted by molar-refractivity contribution is -0.752. The average molecular weight is 187 g/mol. The first-order chi connectivity index (χ1) is 6.83. The molecule has 2 rings (SSSR count). The van der Waals surface area contributed by atoms with Gasteiger partial charge in [-0.15, -0.1) is 4.68 Å². The van der Waals surface area contributed by atoms with Gasteiger partial charge >= 0.3 is 0 Å². The predicted molar refractivity (Wildman–Crippen MR) is 56.7 cm³/mol. The van der Waals surface area contributed by atoms with E-state index < -0.39 is 0 Å². The molecule has 0 aliphatic rings. The highest BCUT2D eigenvalue weighted by Crippen LogP contribution is 2.16. The van der Waals surface area contributed by atoms with Gasteiger partial charge in [-0.25, -0.2) is 0 Å². The van der Waals surface area contributed by atoms with Crippen LogP contribution in [0, 0.1) is 0 Å². The molecule has 0 amide bonds. The average Bonchev–Trinajstić information content (AvgIpc) is 2.61. The van der Waals surface area contributed by atoms with Crippen LogP contribution >= 0.6 is 0 Å². The molecule has 0 saturated carbocycles. The molecule has 1 aromatic carbocycles. The molecule has 0 unspecified atom stereocenters. The lowest BCUT2D eigenvalue weighted by Crippen LogP contribution is -2.38. The second-order valence-electron chi connectivity index (χ2n) is 3.36. The summed E-state index contributed by atoms with van der Waals surface area (Å²) < 4.78 is 4.36. The highest BCUT2D eigenvalue weighted by molar-refractivity contribution is 5.58. The van der Waals surface area contributed by atoms with Crippen molar-refractivity contribution in [3.05, 3.63) is 42.6 Å². The van der Waals surface area contributed by atoms with E-state index in [0.29, 0.717) is 0 Å². The lowest BCUT2D eigenvalue weighted by atomic mass is 10.1. The van der Waals surface area contributed by atoms with Crippen molar-refractivity contribution in [2.24, 2.45) is 7.05 Å². The van der Waals surface area contributed by atoms with Gasteiger partial charge in [0.2, 0.25) is 0 Å². The molecule has 0 N–H and O–H groups in total. The third kappa shape index (κ3) is 1.43. The monoisotopic (exact) mass is 187 g/mol. The second-order valence-corrected chi connectivity index (χ2v) is 3.36. The van der Waals surface area contributed by atoms with Gasteiger partial charge in [-0.3, -0.25) is 0 Å². The molecule has 0 atom stereocenters. The van der Waals surface area contributed by atoms with Crippen molar-refractivity contribution in [1.29, 1.82) is 0 Å². The van der Waals surface area contributed by atoms with Gasteiger partial charge in [0.05, 0.1) is 6.54 Å². The molecule has 1 aromatic heterocycles. The normalized spacial score (nSPS) is 10.4. The zero-order valence-corrected chi connectivity index (χ0v) is 8.64. The van der Waals surface area contributed by atoms with E-state index in [2.05, 4.69) is 59.9 Å². The minimum absolute atomic E-state index is 0.994. The minimum Gasteiger partial charge on any atom is -0.154 e. The van der Waals surface area contributed by atoms with Gasteiger partial charge in [0.25, 0.3) is 0 Å². The van der Waals surface area contributed by atoms with E-state index in [9.17, 15) is 0 Å². The fourth-order valence-electron chi connectivity index (χ4n) is 1.76. The highest BCUT2D eigenvalue weighted by atomic mass is 15.4. The number of hydrogen-bond acceptors (Lipinski definition) is 0. The first kappa shape index (κ1) is 9.00. The molecule has 0 aliphatic carbocycles. The summed E-state index contributed by atoms with van der Waals surface area (Å²) >= 11 is 0. The van der Waals surface area contributed by atoms with E-state index in [4.69, 9.17) is 0 Å². The van der Waals surface area contributed by atoms with Crippen LogP contribution in [0.1, 0.15) is 6.92 Å². The van der Waals surface area contributed by atoms with Crippen LogP contribution in [0.4, 0.5) is 0 Å². The lowest BCUT2D eigenvalue weighted by Gasteiger charge is -2.02. The first-order valence-electron chi connectivity index (χ1n) is 4.94. The molecule has 0 spiro atoms. The van der Waals surface area contributed by atoms with Crippen LogP contribution in [-0.2, 0) is 13.6 Å². The van der Waals surface area contributed by atoms with Crippen LogP contribution in [0.15, 0.2) is 42.6 Å². The summed E-state index contributed by atoms with van der Waals surface area (Å²) in [5.74, 6) is 0. The van der Waals surface area contributed by atoms with Crippen molar-refractivity contribution in [2.75, 3.05) is 0 Å². The van der Waals surface area contributed by atoms with Crippen molar-refractivity contribution in [1.82, 2.24) is 4.68 Å². The highest BCUT2D eigenvalue weighted by Gasteiger charge is 2.10. The zero-order valence-electron chi connectivity index (χ0n) is 8.64. The summed E-state index contributed by atoms with van der Waals surface area (Å²) in [6, 6.07) is 12.6. The van der Waals surface area contributed by atoms with Crippen LogP contribution in [0.2, 0.25) is 0 Å². The maximum atomic E-state index is 2.25. The third-order valence-electron chi connectivity index (χ3n) is 2.48. The molecule has 0 fully saturated rings. The maximum Gasteiger partial charge on any atom is 0.196 e. The number of hydrogen-bond donors (Lipinski definition) is 0. The number of nitrogens with zero attached hydrogens (tertiary/aromatic N) is 2. The van der Waals surface area contributed by atoms with E-state index in [0.717, 1.165) is 6.54 Å². The Morgan fingerprint density at radius 1 is 1.14 bits per heavy atom. The topological polar surface area (TPSA) is 8.81 Å². The Labute approximate surface area is 84.4 Å². The minimum atomic E-state index is 0.994. The summed E-state index contributed by atoms with van der Waals surface area (Å²) in [4.78, 5) is 0. The van der Waals surface area contributed by atoms with Gasteiger partial charge in [0.1, 0.15) is 5.69 Å². The molecular weight excluding hydrogens is 172 g/mol. The van der Waals surface area contributed by atoms with Crippen LogP contribution in [0.5, 0.6) is 0 Å². The van der Waals surface area contributed by atoms with Crippen molar-refractivity contribution in [3.63, 3.8) is 0 Å². The molecule has 2 nitrogen and oxygen atoms in total. The standard InChI is InChI=1S/C12H15N2/c1-3-14-12(9-10-13(14)2)11-7-5-4-6-8-11/h4-10H,3H2,1-2H3/q+1. The van der Waals surface area contributed by atoms with E-state index in [1.165, 1.54) is 11.3 Å². The Kier molecular flexibility index (Phi) is 2.35. The first-order valence-corrected chi connectivity index (χ1v) is 4.94. The summed E-state index contributed by atoms with van der Waals surface area (Å²) in [5.41, 5.74) is 2.55. The second kappa shape index (κ2) is 3.66. The molecule has 2 aromatic rings. The molecule has 1 heterocycles. The van der Waals surface area contributed by atoms with Crippen molar-refractivity contribution < 1.29 is 4.68 Å². The van der Waals surface area contributed by atoms with Crippen molar-refractivity contribution in [2.45, 2.75) is 13.5 Å². The van der Waals surface area contributed by atoms with Gasteiger partial charge in [-0.05, 0) is 6.92 Å². The fraction of sp³-hybridized carbons (Fsp3) is 0.250. The van der Waals surface area contributed by atoms with E-state index in [1.54, 1.807) is 0 Å². The number of aromatic nitrogens is 2. The van der Waals surface area contributed by atoms with Gasteiger partial charge in [-0.1, -0.05) is 30.3 Å². The van der Waals surface area contributed by atoms with Crippen LogP contribution in [0.3, 0.4) is 0 Å². The molecule has 0 saturated heterocycles. The number of benzene rings is 1. The van der Waals surface area contributed by atoms with Crippen LogP contribution in [0.25, 0.3) is 11.3 Å². The molecule has 14 heavy (non-hydrogen) atoms.